The number of hydrogen-bond donors (Lipinski definition) is 2. The number of carbonyl (C=O) groups is 1. The zero-order valence-corrected chi connectivity index (χ0v) is 16.4. The number of H-pyrrole nitrogens is 1. The minimum absolute atomic E-state index is 0.0970. The summed E-state index contributed by atoms with van der Waals surface area (Å²) in [5.41, 5.74) is 3.90. The Hall–Kier alpha value is -1.78. The van der Waals surface area contributed by atoms with Gasteiger partial charge in [-0.25, -0.2) is 4.98 Å². The normalized spacial score (nSPS) is 13.6. The number of thiophene rings is 1. The van der Waals surface area contributed by atoms with Gasteiger partial charge in [0.15, 0.2) is 5.16 Å². The summed E-state index contributed by atoms with van der Waals surface area (Å²) in [5.74, 6) is 0.535. The number of nitriles is 1. The zero-order valence-electron chi connectivity index (χ0n) is 14.7. The van der Waals surface area contributed by atoms with E-state index in [-0.39, 0.29) is 11.7 Å². The van der Waals surface area contributed by atoms with E-state index in [1.54, 1.807) is 11.3 Å². The molecule has 2 heterocycles. The molecule has 1 aliphatic rings. The fourth-order valence-electron chi connectivity index (χ4n) is 3.14. The molecule has 0 aromatic carbocycles. The average Bonchev–Trinajstić information content (AvgIpc) is 3.12. The van der Waals surface area contributed by atoms with Crippen molar-refractivity contribution >= 4 is 34.0 Å². The molecule has 0 fully saturated rings. The van der Waals surface area contributed by atoms with E-state index in [0.717, 1.165) is 47.8 Å². The van der Waals surface area contributed by atoms with Crippen molar-refractivity contribution in [2.75, 3.05) is 11.1 Å². The van der Waals surface area contributed by atoms with Gasteiger partial charge in [-0.2, -0.15) is 5.26 Å². The van der Waals surface area contributed by atoms with Gasteiger partial charge in [-0.1, -0.05) is 25.6 Å². The maximum atomic E-state index is 12.3. The molecule has 0 aliphatic heterocycles. The first-order valence-corrected chi connectivity index (χ1v) is 10.3. The number of nitrogens with one attached hydrogen (secondary N) is 2. The van der Waals surface area contributed by atoms with E-state index in [1.807, 2.05) is 6.92 Å². The Labute approximate surface area is 156 Å². The second-order valence-electron chi connectivity index (χ2n) is 6.57. The molecule has 0 unspecified atom stereocenters. The molecule has 1 aliphatic carbocycles. The molecule has 25 heavy (non-hydrogen) atoms. The van der Waals surface area contributed by atoms with Crippen LogP contribution in [0, 0.1) is 18.3 Å². The van der Waals surface area contributed by atoms with Crippen molar-refractivity contribution < 1.29 is 4.79 Å². The summed E-state index contributed by atoms with van der Waals surface area (Å²) in [6.07, 6.45) is 4.25. The van der Waals surface area contributed by atoms with Gasteiger partial charge < -0.3 is 10.3 Å². The van der Waals surface area contributed by atoms with Crippen LogP contribution >= 0.6 is 23.1 Å². The predicted octanol–water partition coefficient (Wildman–Crippen LogP) is 4.38. The fourth-order valence-corrected chi connectivity index (χ4v) is 5.13. The van der Waals surface area contributed by atoms with Crippen LogP contribution in [0.5, 0.6) is 0 Å². The van der Waals surface area contributed by atoms with Crippen LogP contribution < -0.4 is 5.32 Å². The quantitative estimate of drug-likeness (QED) is 0.761. The Morgan fingerprint density at radius 1 is 1.44 bits per heavy atom. The molecule has 0 spiro atoms. The highest BCUT2D eigenvalue weighted by atomic mass is 32.2. The van der Waals surface area contributed by atoms with Gasteiger partial charge in [-0.3, -0.25) is 4.79 Å². The topological polar surface area (TPSA) is 81.6 Å². The lowest BCUT2D eigenvalue weighted by atomic mass is 9.96. The smallest absolute Gasteiger partial charge is 0.235 e. The molecule has 0 atom stereocenters. The van der Waals surface area contributed by atoms with Crippen LogP contribution in [-0.2, 0) is 17.6 Å². The summed E-state index contributed by atoms with van der Waals surface area (Å²) < 4.78 is 0. The van der Waals surface area contributed by atoms with Crippen LogP contribution in [-0.4, -0.2) is 21.6 Å². The Morgan fingerprint density at radius 3 is 2.88 bits per heavy atom. The van der Waals surface area contributed by atoms with Gasteiger partial charge in [0.25, 0.3) is 0 Å². The van der Waals surface area contributed by atoms with Crippen molar-refractivity contribution in [1.29, 1.82) is 5.26 Å². The largest absolute Gasteiger partial charge is 0.337 e. The highest BCUT2D eigenvalue weighted by molar-refractivity contribution is 7.99. The highest BCUT2D eigenvalue weighted by Gasteiger charge is 2.22. The standard InChI is InChI=1S/C18H22N4OS2/c1-10(2)16-11(3)20-18(22-16)24-9-15(23)21-17-13(8-19)12-6-4-5-7-14(12)25-17/h10H,4-7,9H2,1-3H3,(H,20,22)(H,21,23). The first-order chi connectivity index (χ1) is 12.0. The number of hydrogen-bond acceptors (Lipinski definition) is 5. The minimum Gasteiger partial charge on any atom is -0.337 e. The van der Waals surface area contributed by atoms with Crippen molar-refractivity contribution in [3.63, 3.8) is 0 Å². The lowest BCUT2D eigenvalue weighted by molar-refractivity contribution is -0.113. The van der Waals surface area contributed by atoms with Crippen molar-refractivity contribution in [2.45, 2.75) is 57.5 Å². The summed E-state index contributed by atoms with van der Waals surface area (Å²) in [7, 11) is 0. The fraction of sp³-hybridized carbons (Fsp3) is 0.500. The van der Waals surface area contributed by atoms with E-state index in [9.17, 15) is 10.1 Å². The van der Waals surface area contributed by atoms with Crippen molar-refractivity contribution in [3.8, 4) is 6.07 Å². The van der Waals surface area contributed by atoms with E-state index in [1.165, 1.54) is 16.6 Å². The summed E-state index contributed by atoms with van der Waals surface area (Å²) in [5, 5.41) is 13.9. The first-order valence-electron chi connectivity index (χ1n) is 8.53. The number of carbonyl (C=O) groups excluding carboxylic acids is 1. The average molecular weight is 375 g/mol. The van der Waals surface area contributed by atoms with Crippen molar-refractivity contribution in [3.05, 3.63) is 27.4 Å². The van der Waals surface area contributed by atoms with Crippen LogP contribution in [0.3, 0.4) is 0 Å². The molecule has 5 nitrogen and oxygen atoms in total. The van der Waals surface area contributed by atoms with Gasteiger partial charge in [-0.05, 0) is 44.1 Å². The third-order valence-electron chi connectivity index (χ3n) is 4.32. The van der Waals surface area contributed by atoms with Gasteiger partial charge in [0, 0.05) is 10.6 Å². The molecule has 2 aromatic heterocycles. The third-order valence-corrected chi connectivity index (χ3v) is 6.40. The monoisotopic (exact) mass is 374 g/mol. The molecule has 0 saturated carbocycles. The van der Waals surface area contributed by atoms with Gasteiger partial charge in [-0.15, -0.1) is 11.3 Å². The Bertz CT molecular complexity index is 829. The molecule has 0 radical (unpaired) electrons. The molecule has 1 amide bonds. The Kier molecular flexibility index (Phi) is 5.50. The maximum absolute atomic E-state index is 12.3. The van der Waals surface area contributed by atoms with E-state index in [4.69, 9.17) is 0 Å². The maximum Gasteiger partial charge on any atom is 0.235 e. The molecule has 0 bridgehead atoms. The summed E-state index contributed by atoms with van der Waals surface area (Å²) >= 11 is 2.95. The molecule has 2 aromatic rings. The number of thioether (sulfide) groups is 1. The number of aryl methyl sites for hydroxylation is 2. The lowest BCUT2D eigenvalue weighted by Gasteiger charge is -2.09. The van der Waals surface area contributed by atoms with Crippen LogP contribution in [0.4, 0.5) is 5.00 Å². The second kappa shape index (κ2) is 7.63. The van der Waals surface area contributed by atoms with E-state index < -0.39 is 0 Å². The SMILES string of the molecule is Cc1[nH]c(SCC(=O)Nc2sc3c(c2C#N)CCCC3)nc1C(C)C. The number of nitrogens with zero attached hydrogens (tertiary/aromatic N) is 2. The molecular formula is C18H22N4OS2. The second-order valence-corrected chi connectivity index (χ2v) is 8.64. The Morgan fingerprint density at radius 2 is 2.20 bits per heavy atom. The summed E-state index contributed by atoms with van der Waals surface area (Å²) in [4.78, 5) is 21.4. The molecule has 7 heteroatoms. The molecule has 132 valence electrons. The molecular weight excluding hydrogens is 352 g/mol. The lowest BCUT2D eigenvalue weighted by Crippen LogP contribution is -2.14. The van der Waals surface area contributed by atoms with Gasteiger partial charge in [0.1, 0.15) is 11.1 Å². The van der Waals surface area contributed by atoms with Crippen molar-refractivity contribution in [2.24, 2.45) is 0 Å². The van der Waals surface area contributed by atoms with Gasteiger partial charge >= 0.3 is 0 Å². The van der Waals surface area contributed by atoms with Crippen molar-refractivity contribution in [1.82, 2.24) is 9.97 Å². The number of anilines is 1. The van der Waals surface area contributed by atoms with Crippen LogP contribution in [0.25, 0.3) is 0 Å². The molecule has 0 saturated heterocycles. The van der Waals surface area contributed by atoms with Crippen LogP contribution in [0.15, 0.2) is 5.16 Å². The number of amides is 1. The number of aromatic amines is 1. The summed E-state index contributed by atoms with van der Waals surface area (Å²) in [6, 6.07) is 2.28. The molecule has 3 rings (SSSR count). The Balaban J connectivity index is 1.64. The van der Waals surface area contributed by atoms with Gasteiger partial charge in [0.2, 0.25) is 5.91 Å². The minimum atomic E-state index is -0.0970. The van der Waals surface area contributed by atoms with E-state index in [2.05, 4.69) is 35.2 Å². The molecule has 2 N–H and O–H groups in total. The number of rotatable bonds is 5. The van der Waals surface area contributed by atoms with E-state index >= 15 is 0 Å². The zero-order chi connectivity index (χ0) is 18.0. The first kappa shape index (κ1) is 18.0. The predicted molar refractivity (Wildman–Crippen MR) is 102 cm³/mol. The summed E-state index contributed by atoms with van der Waals surface area (Å²) in [6.45, 7) is 6.21. The van der Waals surface area contributed by atoms with Crippen LogP contribution in [0.2, 0.25) is 0 Å². The van der Waals surface area contributed by atoms with E-state index in [0.29, 0.717) is 16.5 Å². The third kappa shape index (κ3) is 3.91. The number of aromatic nitrogens is 2. The van der Waals surface area contributed by atoms with Gasteiger partial charge in [0.05, 0.1) is 17.0 Å². The van der Waals surface area contributed by atoms with Crippen LogP contribution in [0.1, 0.15) is 60.0 Å². The number of fused-ring (bicyclic) bond motifs is 1. The number of imidazole rings is 1. The highest BCUT2D eigenvalue weighted by Crippen LogP contribution is 2.37.